The number of amides is 1. The van der Waals surface area contributed by atoms with Gasteiger partial charge in [-0.3, -0.25) is 25.2 Å². The van der Waals surface area contributed by atoms with E-state index in [0.717, 1.165) is 48.8 Å². The second-order valence-electron chi connectivity index (χ2n) is 10.3. The minimum Gasteiger partial charge on any atom is -0.384 e. The number of nitrogens with one attached hydrogen (secondary N) is 2. The summed E-state index contributed by atoms with van der Waals surface area (Å²) < 4.78 is 0. The Kier molecular flexibility index (Phi) is 7.73. The van der Waals surface area contributed by atoms with Crippen LogP contribution in [-0.2, 0) is 11.2 Å². The lowest BCUT2D eigenvalue weighted by molar-refractivity contribution is -0.384. The smallest absolute Gasteiger partial charge is 0.271 e. The predicted molar refractivity (Wildman–Crippen MR) is 143 cm³/mol. The van der Waals surface area contributed by atoms with Crippen molar-refractivity contribution < 1.29 is 9.72 Å². The molecule has 4 unspecified atom stereocenters. The zero-order chi connectivity index (χ0) is 26.0. The van der Waals surface area contributed by atoms with Crippen LogP contribution in [0.4, 0.5) is 11.4 Å². The Labute approximate surface area is 212 Å². The lowest BCUT2D eigenvalue weighted by Gasteiger charge is -2.45. The van der Waals surface area contributed by atoms with Gasteiger partial charge in [0.25, 0.3) is 5.69 Å². The summed E-state index contributed by atoms with van der Waals surface area (Å²) in [7, 11) is 0. The molecule has 0 radical (unpaired) electrons. The first-order valence-electron chi connectivity index (χ1n) is 13.0. The maximum atomic E-state index is 13.2. The highest BCUT2D eigenvalue weighted by molar-refractivity contribution is 6.00. The second-order valence-corrected chi connectivity index (χ2v) is 10.3. The molecular formula is C28H37N5O3. The molecule has 2 aliphatic rings. The number of unbranched alkanes of at least 4 members (excludes halogenated alkanes) is 1. The summed E-state index contributed by atoms with van der Waals surface area (Å²) in [6.07, 6.45) is 6.85. The predicted octanol–water partition coefficient (Wildman–Crippen LogP) is 5.65. The molecule has 4 N–H and O–H groups in total. The fourth-order valence-electron chi connectivity index (χ4n) is 6.05. The lowest BCUT2D eigenvalue weighted by Crippen LogP contribution is -2.46. The molecule has 192 valence electrons. The molecule has 36 heavy (non-hydrogen) atoms. The van der Waals surface area contributed by atoms with Gasteiger partial charge in [-0.25, -0.2) is 0 Å². The second kappa shape index (κ2) is 10.8. The van der Waals surface area contributed by atoms with E-state index in [9.17, 15) is 14.9 Å². The Hall–Kier alpha value is -3.26. The Morgan fingerprint density at radius 1 is 1.25 bits per heavy atom. The molecule has 1 fully saturated rings. The SMILES string of the molecule is CCCCC(c1cc([N+](=O)[O-])cc2c1CC(c1cccc(C(=N)N)c1)C(=O)N2)N1C(C)CCCC1C. The van der Waals surface area contributed by atoms with Crippen molar-refractivity contribution in [2.24, 2.45) is 5.73 Å². The van der Waals surface area contributed by atoms with Crippen molar-refractivity contribution in [2.75, 3.05) is 5.32 Å². The normalized spacial score (nSPS) is 23.0. The molecule has 0 aliphatic carbocycles. The molecule has 1 saturated heterocycles. The number of nitro groups is 1. The average molecular weight is 492 g/mol. The van der Waals surface area contributed by atoms with Crippen LogP contribution in [0.15, 0.2) is 36.4 Å². The van der Waals surface area contributed by atoms with Crippen LogP contribution >= 0.6 is 0 Å². The number of fused-ring (bicyclic) bond motifs is 1. The molecule has 4 rings (SSSR count). The lowest BCUT2D eigenvalue weighted by atomic mass is 9.81. The van der Waals surface area contributed by atoms with Crippen LogP contribution in [0.25, 0.3) is 0 Å². The van der Waals surface area contributed by atoms with Gasteiger partial charge < -0.3 is 11.1 Å². The van der Waals surface area contributed by atoms with Crippen molar-refractivity contribution in [3.8, 4) is 0 Å². The molecule has 4 atom stereocenters. The Morgan fingerprint density at radius 2 is 1.97 bits per heavy atom. The summed E-state index contributed by atoms with van der Waals surface area (Å²) in [6, 6.07) is 11.3. The summed E-state index contributed by atoms with van der Waals surface area (Å²) >= 11 is 0. The highest BCUT2D eigenvalue weighted by Gasteiger charge is 2.37. The molecular weight excluding hydrogens is 454 g/mol. The number of piperidine rings is 1. The van der Waals surface area contributed by atoms with E-state index in [4.69, 9.17) is 11.1 Å². The molecule has 2 aromatic carbocycles. The van der Waals surface area contributed by atoms with Crippen molar-refractivity contribution in [3.05, 3.63) is 68.8 Å². The van der Waals surface area contributed by atoms with E-state index in [1.54, 1.807) is 18.2 Å². The van der Waals surface area contributed by atoms with Gasteiger partial charge in [0.05, 0.1) is 16.5 Å². The van der Waals surface area contributed by atoms with Gasteiger partial charge in [-0.1, -0.05) is 44.4 Å². The minimum absolute atomic E-state index is 0.0138. The average Bonchev–Trinajstić information content (AvgIpc) is 2.84. The fourth-order valence-corrected chi connectivity index (χ4v) is 6.05. The number of amidine groups is 1. The van der Waals surface area contributed by atoms with Gasteiger partial charge in [0.15, 0.2) is 0 Å². The van der Waals surface area contributed by atoms with Gasteiger partial charge >= 0.3 is 0 Å². The van der Waals surface area contributed by atoms with Gasteiger partial charge in [-0.15, -0.1) is 0 Å². The number of benzene rings is 2. The van der Waals surface area contributed by atoms with Crippen LogP contribution in [0.3, 0.4) is 0 Å². The number of hydrogen-bond acceptors (Lipinski definition) is 5. The third-order valence-corrected chi connectivity index (χ3v) is 7.87. The summed E-state index contributed by atoms with van der Waals surface area (Å²) in [5, 5.41) is 22.7. The van der Waals surface area contributed by atoms with Crippen LogP contribution in [0, 0.1) is 15.5 Å². The number of likely N-dealkylation sites (tertiary alicyclic amines) is 1. The minimum atomic E-state index is -0.458. The molecule has 0 aromatic heterocycles. The number of nitrogens with two attached hydrogens (primary N) is 1. The Bertz CT molecular complexity index is 1150. The van der Waals surface area contributed by atoms with Crippen LogP contribution < -0.4 is 11.1 Å². The molecule has 2 aliphatic heterocycles. The zero-order valence-electron chi connectivity index (χ0n) is 21.4. The molecule has 0 bridgehead atoms. The topological polar surface area (TPSA) is 125 Å². The number of nitro benzene ring substituents is 1. The third-order valence-electron chi connectivity index (χ3n) is 7.87. The number of hydrogen-bond donors (Lipinski definition) is 3. The number of carbonyl (C=O) groups is 1. The first-order valence-corrected chi connectivity index (χ1v) is 13.0. The van der Waals surface area contributed by atoms with E-state index in [-0.39, 0.29) is 28.4 Å². The van der Waals surface area contributed by atoms with Crippen LogP contribution in [0.2, 0.25) is 0 Å². The molecule has 2 heterocycles. The van der Waals surface area contributed by atoms with Gasteiger partial charge in [0.2, 0.25) is 5.91 Å². The van der Waals surface area contributed by atoms with Crippen molar-refractivity contribution in [2.45, 2.75) is 89.8 Å². The summed E-state index contributed by atoms with van der Waals surface area (Å²) in [5.41, 5.74) is 9.56. The van der Waals surface area contributed by atoms with Gasteiger partial charge in [-0.05, 0) is 62.3 Å². The van der Waals surface area contributed by atoms with Crippen molar-refractivity contribution in [1.82, 2.24) is 4.90 Å². The monoisotopic (exact) mass is 491 g/mol. The first kappa shape index (κ1) is 25.8. The summed E-state index contributed by atoms with van der Waals surface area (Å²) in [5.74, 6) is -0.697. The standard InChI is InChI=1S/C28H37N5O3/c1-4-5-12-26(32-17(2)8-6-9-18(32)3)24-14-21(33(35)36)15-25-23(24)16-22(28(34)31-25)19-10-7-11-20(13-19)27(29)30/h7,10-11,13-15,17-18,22,26H,4-6,8-9,12,16H2,1-3H3,(H3,29,30)(H,31,34). The number of rotatable bonds is 8. The summed E-state index contributed by atoms with van der Waals surface area (Å²) in [6.45, 7) is 6.69. The molecule has 0 saturated carbocycles. The van der Waals surface area contributed by atoms with E-state index in [2.05, 4.69) is 31.0 Å². The van der Waals surface area contributed by atoms with Gasteiger partial charge in [0, 0.05) is 35.8 Å². The Morgan fingerprint density at radius 3 is 2.61 bits per heavy atom. The first-order chi connectivity index (χ1) is 17.2. The van der Waals surface area contributed by atoms with Gasteiger partial charge in [-0.2, -0.15) is 0 Å². The molecule has 8 nitrogen and oxygen atoms in total. The van der Waals surface area contributed by atoms with Crippen molar-refractivity contribution >= 4 is 23.1 Å². The number of anilines is 1. The fraction of sp³-hybridized carbons (Fsp3) is 0.500. The van der Waals surface area contributed by atoms with Gasteiger partial charge in [0.1, 0.15) is 5.84 Å². The number of nitrogens with zero attached hydrogens (tertiary/aromatic N) is 2. The van der Waals surface area contributed by atoms with E-state index in [1.807, 2.05) is 12.1 Å². The molecule has 8 heteroatoms. The number of non-ortho nitro benzene ring substituents is 1. The van der Waals surface area contributed by atoms with Crippen LogP contribution in [0.1, 0.15) is 93.5 Å². The molecule has 1 amide bonds. The Balaban J connectivity index is 1.83. The van der Waals surface area contributed by atoms with E-state index in [0.29, 0.717) is 29.8 Å². The van der Waals surface area contributed by atoms with Crippen LogP contribution in [0.5, 0.6) is 0 Å². The third kappa shape index (κ3) is 5.14. The maximum absolute atomic E-state index is 13.2. The number of carbonyl (C=O) groups excluding carboxylic acids is 1. The van der Waals surface area contributed by atoms with Crippen LogP contribution in [-0.4, -0.2) is 33.6 Å². The number of nitrogen functional groups attached to an aromatic ring is 1. The van der Waals surface area contributed by atoms with Crippen molar-refractivity contribution in [3.63, 3.8) is 0 Å². The maximum Gasteiger partial charge on any atom is 0.271 e. The van der Waals surface area contributed by atoms with E-state index >= 15 is 0 Å². The quantitative estimate of drug-likeness (QED) is 0.190. The highest BCUT2D eigenvalue weighted by Crippen LogP contribution is 2.44. The van der Waals surface area contributed by atoms with E-state index in [1.165, 1.54) is 12.5 Å². The highest BCUT2D eigenvalue weighted by atomic mass is 16.6. The molecule has 0 spiro atoms. The molecule has 2 aromatic rings. The largest absolute Gasteiger partial charge is 0.384 e. The van der Waals surface area contributed by atoms with Crippen molar-refractivity contribution in [1.29, 1.82) is 5.41 Å². The summed E-state index contributed by atoms with van der Waals surface area (Å²) in [4.78, 5) is 27.3. The van der Waals surface area contributed by atoms with E-state index < -0.39 is 5.92 Å². The zero-order valence-corrected chi connectivity index (χ0v) is 21.4.